The van der Waals surface area contributed by atoms with E-state index in [2.05, 4.69) is 0 Å². The van der Waals surface area contributed by atoms with E-state index < -0.39 is 18.3 Å². The van der Waals surface area contributed by atoms with Gasteiger partial charge in [0.25, 0.3) is 0 Å². The number of carboxylic acids is 1. The lowest BCUT2D eigenvalue weighted by molar-refractivity contribution is -0.145. The number of nitrogens with zero attached hydrogens (tertiary/aromatic N) is 1. The van der Waals surface area contributed by atoms with Crippen LogP contribution in [0.25, 0.3) is 0 Å². The van der Waals surface area contributed by atoms with Gasteiger partial charge in [-0.3, -0.25) is 9.59 Å². The predicted molar refractivity (Wildman–Crippen MR) is 82.4 cm³/mol. The highest BCUT2D eigenvalue weighted by Crippen LogP contribution is 2.35. The van der Waals surface area contributed by atoms with E-state index in [4.69, 9.17) is 5.11 Å². The van der Waals surface area contributed by atoms with Crippen molar-refractivity contribution in [1.82, 2.24) is 4.90 Å². The van der Waals surface area contributed by atoms with Crippen LogP contribution >= 0.6 is 0 Å². The van der Waals surface area contributed by atoms with E-state index in [9.17, 15) is 14.0 Å². The first-order valence-electron chi connectivity index (χ1n) is 7.41. The molecule has 1 aliphatic rings. The average molecular weight is 313 g/mol. The third-order valence-corrected chi connectivity index (χ3v) is 4.09. The van der Waals surface area contributed by atoms with Gasteiger partial charge in [0.1, 0.15) is 12.2 Å². The summed E-state index contributed by atoms with van der Waals surface area (Å²) in [5.74, 6) is -1.92. The molecule has 0 saturated heterocycles. The molecule has 2 aromatic carbocycles. The first-order chi connectivity index (χ1) is 11.1. The first-order valence-corrected chi connectivity index (χ1v) is 7.41. The van der Waals surface area contributed by atoms with Crippen molar-refractivity contribution in [2.45, 2.75) is 18.9 Å². The van der Waals surface area contributed by atoms with Gasteiger partial charge in [-0.15, -0.1) is 0 Å². The van der Waals surface area contributed by atoms with Crippen molar-refractivity contribution >= 4 is 11.9 Å². The summed E-state index contributed by atoms with van der Waals surface area (Å²) in [4.78, 5) is 24.8. The third-order valence-electron chi connectivity index (χ3n) is 4.09. The summed E-state index contributed by atoms with van der Waals surface area (Å²) in [6.07, 6.45) is 0.138. The molecule has 0 radical (unpaired) electrons. The Morgan fingerprint density at radius 1 is 1.13 bits per heavy atom. The zero-order chi connectivity index (χ0) is 16.4. The molecule has 1 amide bonds. The monoisotopic (exact) mass is 313 g/mol. The second-order valence-electron chi connectivity index (χ2n) is 5.56. The quantitative estimate of drug-likeness (QED) is 0.887. The topological polar surface area (TPSA) is 57.6 Å². The number of carbonyl (C=O) groups excluding carboxylic acids is 1. The van der Waals surface area contributed by atoms with Crippen LogP contribution in [0.5, 0.6) is 0 Å². The highest BCUT2D eigenvalue weighted by Gasteiger charge is 2.32. The SMILES string of the molecule is O=C(O)CC(=O)N1CCc2ccccc2C1c1ccc(F)cc1. The fourth-order valence-corrected chi connectivity index (χ4v) is 3.07. The second kappa shape index (κ2) is 6.20. The highest BCUT2D eigenvalue weighted by molar-refractivity contribution is 5.93. The predicted octanol–water partition coefficient (Wildman–Crippen LogP) is 2.77. The number of rotatable bonds is 3. The Bertz CT molecular complexity index is 742. The lowest BCUT2D eigenvalue weighted by Crippen LogP contribution is -2.41. The molecular formula is C18H16FNO3. The van der Waals surface area contributed by atoms with Crippen molar-refractivity contribution in [3.05, 3.63) is 71.0 Å². The number of amides is 1. The normalized spacial score (nSPS) is 16.7. The van der Waals surface area contributed by atoms with E-state index in [-0.39, 0.29) is 11.9 Å². The minimum absolute atomic E-state index is 0.346. The maximum Gasteiger partial charge on any atom is 0.312 e. The number of fused-ring (bicyclic) bond motifs is 1. The van der Waals surface area contributed by atoms with E-state index in [1.54, 1.807) is 17.0 Å². The van der Waals surface area contributed by atoms with Gasteiger partial charge in [0.2, 0.25) is 5.91 Å². The van der Waals surface area contributed by atoms with Gasteiger partial charge in [-0.2, -0.15) is 0 Å². The van der Waals surface area contributed by atoms with E-state index in [1.165, 1.54) is 12.1 Å². The summed E-state index contributed by atoms with van der Waals surface area (Å²) in [5.41, 5.74) is 2.86. The summed E-state index contributed by atoms with van der Waals surface area (Å²) >= 11 is 0. The van der Waals surface area contributed by atoms with E-state index in [0.717, 1.165) is 16.7 Å². The van der Waals surface area contributed by atoms with Crippen LogP contribution in [0, 0.1) is 5.82 Å². The molecule has 4 nitrogen and oxygen atoms in total. The van der Waals surface area contributed by atoms with Crippen LogP contribution in [0.1, 0.15) is 29.2 Å². The van der Waals surface area contributed by atoms with Gasteiger partial charge >= 0.3 is 5.97 Å². The molecule has 3 rings (SSSR count). The number of hydrogen-bond acceptors (Lipinski definition) is 2. The van der Waals surface area contributed by atoms with E-state index in [1.807, 2.05) is 24.3 Å². The molecule has 5 heteroatoms. The molecule has 1 heterocycles. The van der Waals surface area contributed by atoms with Crippen LogP contribution in [0.4, 0.5) is 4.39 Å². The van der Waals surface area contributed by atoms with Crippen molar-refractivity contribution in [2.24, 2.45) is 0 Å². The number of aliphatic carboxylic acids is 1. The van der Waals surface area contributed by atoms with Crippen molar-refractivity contribution < 1.29 is 19.1 Å². The maximum absolute atomic E-state index is 13.2. The molecule has 23 heavy (non-hydrogen) atoms. The van der Waals surface area contributed by atoms with Gasteiger partial charge in [0.05, 0.1) is 6.04 Å². The highest BCUT2D eigenvalue weighted by atomic mass is 19.1. The fraction of sp³-hybridized carbons (Fsp3) is 0.222. The van der Waals surface area contributed by atoms with E-state index in [0.29, 0.717) is 13.0 Å². The third kappa shape index (κ3) is 3.08. The molecular weight excluding hydrogens is 297 g/mol. The Hall–Kier alpha value is -2.69. The minimum atomic E-state index is -1.15. The summed E-state index contributed by atoms with van der Waals surface area (Å²) in [5, 5.41) is 8.91. The van der Waals surface area contributed by atoms with Crippen molar-refractivity contribution in [2.75, 3.05) is 6.54 Å². The van der Waals surface area contributed by atoms with Crippen molar-refractivity contribution in [3.8, 4) is 0 Å². The zero-order valence-electron chi connectivity index (χ0n) is 12.4. The number of carbonyl (C=O) groups is 2. The van der Waals surface area contributed by atoms with Crippen LogP contribution in [0.3, 0.4) is 0 Å². The molecule has 2 aromatic rings. The Balaban J connectivity index is 2.04. The molecule has 1 atom stereocenters. The molecule has 118 valence electrons. The van der Waals surface area contributed by atoms with Gasteiger partial charge in [0.15, 0.2) is 0 Å². The van der Waals surface area contributed by atoms with Gasteiger partial charge in [-0.05, 0) is 35.2 Å². The summed E-state index contributed by atoms with van der Waals surface area (Å²) in [6, 6.07) is 13.4. The van der Waals surface area contributed by atoms with Gasteiger partial charge in [-0.25, -0.2) is 4.39 Å². The standard InChI is InChI=1S/C18H16FNO3/c19-14-7-5-13(6-8-14)18-15-4-2-1-3-12(15)9-10-20(18)16(21)11-17(22)23/h1-8,18H,9-11H2,(H,22,23). The maximum atomic E-state index is 13.2. The lowest BCUT2D eigenvalue weighted by Gasteiger charge is -2.37. The average Bonchev–Trinajstić information content (AvgIpc) is 2.54. The van der Waals surface area contributed by atoms with Gasteiger partial charge < -0.3 is 10.0 Å². The second-order valence-corrected chi connectivity index (χ2v) is 5.56. The van der Waals surface area contributed by atoms with Crippen LogP contribution in [-0.4, -0.2) is 28.4 Å². The Morgan fingerprint density at radius 3 is 2.52 bits per heavy atom. The minimum Gasteiger partial charge on any atom is -0.481 e. The number of hydrogen-bond donors (Lipinski definition) is 1. The number of halogens is 1. The number of carboxylic acid groups (broad SMARTS) is 1. The Morgan fingerprint density at radius 2 is 1.83 bits per heavy atom. The summed E-state index contributed by atoms with van der Waals surface area (Å²) in [7, 11) is 0. The van der Waals surface area contributed by atoms with Crippen molar-refractivity contribution in [3.63, 3.8) is 0 Å². The summed E-state index contributed by atoms with van der Waals surface area (Å²) < 4.78 is 13.2. The lowest BCUT2D eigenvalue weighted by atomic mass is 9.88. The zero-order valence-corrected chi connectivity index (χ0v) is 12.4. The van der Waals surface area contributed by atoms with Gasteiger partial charge in [-0.1, -0.05) is 36.4 Å². The molecule has 0 aromatic heterocycles. The van der Waals surface area contributed by atoms with Crippen LogP contribution < -0.4 is 0 Å². The van der Waals surface area contributed by atoms with Gasteiger partial charge in [0, 0.05) is 6.54 Å². The van der Waals surface area contributed by atoms with Crippen LogP contribution in [0.15, 0.2) is 48.5 Å². The number of benzene rings is 2. The fourth-order valence-electron chi connectivity index (χ4n) is 3.07. The molecule has 1 unspecified atom stereocenters. The molecule has 0 bridgehead atoms. The molecule has 0 spiro atoms. The molecule has 0 fully saturated rings. The molecule has 1 aliphatic heterocycles. The van der Waals surface area contributed by atoms with Crippen LogP contribution in [0.2, 0.25) is 0 Å². The Kier molecular flexibility index (Phi) is 4.10. The summed E-state index contributed by atoms with van der Waals surface area (Å²) in [6.45, 7) is 0.450. The van der Waals surface area contributed by atoms with Crippen LogP contribution in [-0.2, 0) is 16.0 Å². The van der Waals surface area contributed by atoms with E-state index >= 15 is 0 Å². The molecule has 0 aliphatic carbocycles. The van der Waals surface area contributed by atoms with Crippen molar-refractivity contribution in [1.29, 1.82) is 0 Å². The molecule has 1 N–H and O–H groups in total. The largest absolute Gasteiger partial charge is 0.481 e. The molecule has 0 saturated carbocycles. The first kappa shape index (κ1) is 15.2. The Labute approximate surface area is 133 Å². The smallest absolute Gasteiger partial charge is 0.312 e.